The zero-order valence-corrected chi connectivity index (χ0v) is 11.9. The summed E-state index contributed by atoms with van der Waals surface area (Å²) >= 11 is 3.50. The Kier molecular flexibility index (Phi) is 2.85. The third kappa shape index (κ3) is 2.14. The number of nitro benzene ring substituents is 1. The van der Waals surface area contributed by atoms with Crippen LogP contribution in [0.3, 0.4) is 0 Å². The monoisotopic (exact) mass is 324 g/mol. The molecule has 0 aromatic heterocycles. The van der Waals surface area contributed by atoms with Crippen molar-refractivity contribution in [1.82, 2.24) is 0 Å². The van der Waals surface area contributed by atoms with Gasteiger partial charge in [-0.05, 0) is 29.9 Å². The quantitative estimate of drug-likeness (QED) is 0.486. The van der Waals surface area contributed by atoms with E-state index in [1.54, 1.807) is 11.0 Å². The number of hydrogen-bond acceptors (Lipinski definition) is 3. The Labute approximate surface area is 118 Å². The van der Waals surface area contributed by atoms with Crippen LogP contribution in [0.2, 0.25) is 0 Å². The summed E-state index contributed by atoms with van der Waals surface area (Å²) in [6, 6.07) is 4.68. The summed E-state index contributed by atoms with van der Waals surface area (Å²) in [4.78, 5) is 24.2. The molecule has 1 aromatic rings. The Morgan fingerprint density at radius 2 is 2.16 bits per heavy atom. The lowest BCUT2D eigenvalue weighted by Crippen LogP contribution is -2.33. The lowest BCUT2D eigenvalue weighted by atomic mass is 10.1. The number of halogens is 1. The first-order valence-corrected chi connectivity index (χ1v) is 7.30. The summed E-state index contributed by atoms with van der Waals surface area (Å²) in [5.74, 6) is 0.0442. The molecule has 0 saturated heterocycles. The second-order valence-corrected chi connectivity index (χ2v) is 5.92. The number of benzene rings is 1. The smallest absolute Gasteiger partial charge is 0.269 e. The van der Waals surface area contributed by atoms with Crippen molar-refractivity contribution in [3.8, 4) is 0 Å². The molecular formula is C13H13BrN2O3. The highest BCUT2D eigenvalue weighted by molar-refractivity contribution is 9.09. The molecule has 5 nitrogen and oxygen atoms in total. The molecule has 0 unspecified atom stereocenters. The van der Waals surface area contributed by atoms with Crippen LogP contribution in [0.4, 0.5) is 11.4 Å². The van der Waals surface area contributed by atoms with Gasteiger partial charge < -0.3 is 4.90 Å². The zero-order chi connectivity index (χ0) is 13.6. The summed E-state index contributed by atoms with van der Waals surface area (Å²) in [5.41, 5.74) is 1.86. The van der Waals surface area contributed by atoms with Gasteiger partial charge in [0.25, 0.3) is 5.69 Å². The third-order valence-corrected chi connectivity index (χ3v) is 5.13. The van der Waals surface area contributed by atoms with Crippen LogP contribution in [0.1, 0.15) is 18.4 Å². The standard InChI is InChI=1S/C13H13BrN2O3/c14-7-13(3-4-13)8-15-11-2-1-10(16(18)19)5-9(11)6-12(15)17/h1-2,5H,3-4,6-8H2. The van der Waals surface area contributed by atoms with Crippen molar-refractivity contribution in [1.29, 1.82) is 0 Å². The zero-order valence-electron chi connectivity index (χ0n) is 10.3. The Hall–Kier alpha value is -1.43. The van der Waals surface area contributed by atoms with Gasteiger partial charge in [-0.25, -0.2) is 0 Å². The molecule has 0 N–H and O–H groups in total. The van der Waals surface area contributed by atoms with Crippen molar-refractivity contribution in [3.05, 3.63) is 33.9 Å². The third-order valence-electron chi connectivity index (χ3n) is 3.94. The maximum absolute atomic E-state index is 12.1. The van der Waals surface area contributed by atoms with E-state index in [4.69, 9.17) is 0 Å². The summed E-state index contributed by atoms with van der Waals surface area (Å²) < 4.78 is 0. The number of anilines is 1. The first-order chi connectivity index (χ1) is 9.04. The number of hydrogen-bond donors (Lipinski definition) is 0. The van der Waals surface area contributed by atoms with Gasteiger partial charge >= 0.3 is 0 Å². The number of non-ortho nitro benzene ring substituents is 1. The minimum absolute atomic E-state index is 0.0442. The summed E-state index contributed by atoms with van der Waals surface area (Å²) in [6.07, 6.45) is 2.53. The molecule has 2 aliphatic rings. The van der Waals surface area contributed by atoms with Crippen molar-refractivity contribution in [3.63, 3.8) is 0 Å². The van der Waals surface area contributed by atoms with Crippen molar-refractivity contribution in [2.24, 2.45) is 5.41 Å². The van der Waals surface area contributed by atoms with Crippen LogP contribution in [0, 0.1) is 15.5 Å². The molecule has 0 atom stereocenters. The van der Waals surface area contributed by atoms with E-state index in [0.717, 1.165) is 29.4 Å². The summed E-state index contributed by atoms with van der Waals surface area (Å²) in [5, 5.41) is 11.6. The van der Waals surface area contributed by atoms with Gasteiger partial charge in [-0.1, -0.05) is 15.9 Å². The van der Waals surface area contributed by atoms with Gasteiger partial charge in [-0.15, -0.1) is 0 Å². The van der Waals surface area contributed by atoms with Crippen LogP contribution in [0.15, 0.2) is 18.2 Å². The Balaban J connectivity index is 1.90. The topological polar surface area (TPSA) is 63.4 Å². The predicted molar refractivity (Wildman–Crippen MR) is 74.6 cm³/mol. The van der Waals surface area contributed by atoms with E-state index in [1.807, 2.05) is 0 Å². The van der Waals surface area contributed by atoms with Gasteiger partial charge in [0, 0.05) is 29.7 Å². The fourth-order valence-electron chi connectivity index (χ4n) is 2.50. The number of carbonyl (C=O) groups excluding carboxylic acids is 1. The lowest BCUT2D eigenvalue weighted by Gasteiger charge is -2.22. The molecule has 1 saturated carbocycles. The van der Waals surface area contributed by atoms with E-state index in [1.165, 1.54) is 12.1 Å². The minimum Gasteiger partial charge on any atom is -0.311 e. The van der Waals surface area contributed by atoms with Crippen molar-refractivity contribution >= 4 is 33.2 Å². The van der Waals surface area contributed by atoms with E-state index in [0.29, 0.717) is 6.54 Å². The van der Waals surface area contributed by atoms with Gasteiger partial charge in [0.2, 0.25) is 5.91 Å². The summed E-state index contributed by atoms with van der Waals surface area (Å²) in [6.45, 7) is 0.710. The van der Waals surface area contributed by atoms with Gasteiger partial charge in [0.1, 0.15) is 0 Å². The highest BCUT2D eigenvalue weighted by Gasteiger charge is 2.45. The molecule has 0 spiro atoms. The van der Waals surface area contributed by atoms with Gasteiger partial charge in [-0.3, -0.25) is 14.9 Å². The minimum atomic E-state index is -0.422. The van der Waals surface area contributed by atoms with E-state index in [9.17, 15) is 14.9 Å². The molecule has 1 aliphatic heterocycles. The number of nitrogens with zero attached hydrogens (tertiary/aromatic N) is 2. The molecule has 3 rings (SSSR count). The highest BCUT2D eigenvalue weighted by atomic mass is 79.9. The maximum Gasteiger partial charge on any atom is 0.269 e. The number of nitro groups is 1. The van der Waals surface area contributed by atoms with Crippen LogP contribution < -0.4 is 4.90 Å². The van der Waals surface area contributed by atoms with Gasteiger partial charge in [-0.2, -0.15) is 0 Å². The maximum atomic E-state index is 12.1. The van der Waals surface area contributed by atoms with Crippen LogP contribution >= 0.6 is 15.9 Å². The normalized spacial score (nSPS) is 19.4. The number of rotatable bonds is 4. The number of alkyl halides is 1. The fourth-order valence-corrected chi connectivity index (χ4v) is 3.24. The average molecular weight is 325 g/mol. The van der Waals surface area contributed by atoms with Crippen LogP contribution in [0.25, 0.3) is 0 Å². The fraction of sp³-hybridized carbons (Fsp3) is 0.462. The van der Waals surface area contributed by atoms with E-state index in [-0.39, 0.29) is 23.4 Å². The highest BCUT2D eigenvalue weighted by Crippen LogP contribution is 2.49. The van der Waals surface area contributed by atoms with Crippen LogP contribution in [0.5, 0.6) is 0 Å². The number of fused-ring (bicyclic) bond motifs is 1. The van der Waals surface area contributed by atoms with Crippen LogP contribution in [-0.2, 0) is 11.2 Å². The van der Waals surface area contributed by atoms with Gasteiger partial charge in [0.05, 0.1) is 11.3 Å². The molecule has 1 aliphatic carbocycles. The SMILES string of the molecule is O=C1Cc2cc([N+](=O)[O-])ccc2N1CC1(CBr)CC1. The molecule has 1 fully saturated rings. The van der Waals surface area contributed by atoms with Crippen molar-refractivity contribution in [2.45, 2.75) is 19.3 Å². The molecule has 1 amide bonds. The molecule has 1 heterocycles. The van der Waals surface area contributed by atoms with Gasteiger partial charge in [0.15, 0.2) is 0 Å². The van der Waals surface area contributed by atoms with Crippen LogP contribution in [-0.4, -0.2) is 22.7 Å². The molecule has 0 bridgehead atoms. The second kappa shape index (κ2) is 4.30. The molecule has 0 radical (unpaired) electrons. The second-order valence-electron chi connectivity index (χ2n) is 5.36. The largest absolute Gasteiger partial charge is 0.311 e. The predicted octanol–water partition coefficient (Wildman–Crippen LogP) is 2.66. The Bertz CT molecular complexity index is 569. The molecular weight excluding hydrogens is 312 g/mol. The summed E-state index contributed by atoms with van der Waals surface area (Å²) in [7, 11) is 0. The Morgan fingerprint density at radius 1 is 1.42 bits per heavy atom. The van der Waals surface area contributed by atoms with E-state index >= 15 is 0 Å². The average Bonchev–Trinajstić information content (AvgIpc) is 3.10. The van der Waals surface area contributed by atoms with Crippen molar-refractivity contribution in [2.75, 3.05) is 16.8 Å². The van der Waals surface area contributed by atoms with E-state index < -0.39 is 4.92 Å². The first-order valence-electron chi connectivity index (χ1n) is 6.18. The first kappa shape index (κ1) is 12.6. The Morgan fingerprint density at radius 3 is 2.74 bits per heavy atom. The van der Waals surface area contributed by atoms with Crippen molar-refractivity contribution < 1.29 is 9.72 Å². The molecule has 1 aromatic carbocycles. The molecule has 19 heavy (non-hydrogen) atoms. The molecule has 100 valence electrons. The van der Waals surface area contributed by atoms with E-state index in [2.05, 4.69) is 15.9 Å². The lowest BCUT2D eigenvalue weighted by molar-refractivity contribution is -0.384. The molecule has 6 heteroatoms. The number of amides is 1. The number of carbonyl (C=O) groups is 1.